The van der Waals surface area contributed by atoms with Gasteiger partial charge in [0.25, 0.3) is 0 Å². The first-order valence-electron chi connectivity index (χ1n) is 6.93. The maximum atomic E-state index is 11.9. The number of hydrogen-bond acceptors (Lipinski definition) is 3. The van der Waals surface area contributed by atoms with Crippen LogP contribution in [0, 0.1) is 0 Å². The number of carbonyl (C=O) groups is 2. The second kappa shape index (κ2) is 7.38. The topological polar surface area (TPSA) is 78.4 Å². The Morgan fingerprint density at radius 2 is 1.77 bits per heavy atom. The first kappa shape index (κ1) is 15.7. The molecule has 0 aliphatic rings. The van der Waals surface area contributed by atoms with Crippen molar-refractivity contribution < 1.29 is 14.7 Å². The third kappa shape index (κ3) is 4.17. The maximum Gasteiger partial charge on any atom is 0.319 e. The second-order valence-electron chi connectivity index (χ2n) is 4.87. The van der Waals surface area contributed by atoms with Crippen LogP contribution in [0.15, 0.2) is 48.5 Å². The third-order valence-electron chi connectivity index (χ3n) is 3.26. The average Bonchev–Trinajstić information content (AvgIpc) is 2.53. The second-order valence-corrected chi connectivity index (χ2v) is 4.87. The Morgan fingerprint density at radius 3 is 2.45 bits per heavy atom. The molecule has 3 N–H and O–H groups in total. The molecule has 0 saturated carbocycles. The average molecular weight is 298 g/mol. The molecule has 0 bridgehead atoms. The van der Waals surface area contributed by atoms with Crippen LogP contribution in [-0.2, 0) is 13.2 Å². The molecular formula is C17H18N2O3. The molecular weight excluding hydrogens is 280 g/mol. The van der Waals surface area contributed by atoms with Gasteiger partial charge in [0.1, 0.15) is 0 Å². The molecule has 114 valence electrons. The number of aliphatic hydroxyl groups is 1. The van der Waals surface area contributed by atoms with Crippen molar-refractivity contribution in [2.24, 2.45) is 0 Å². The zero-order chi connectivity index (χ0) is 15.9. The van der Waals surface area contributed by atoms with E-state index in [4.69, 9.17) is 0 Å². The number of aliphatic hydroxyl groups excluding tert-OH is 1. The van der Waals surface area contributed by atoms with Crippen LogP contribution in [0.2, 0.25) is 0 Å². The Bertz CT molecular complexity index is 683. The molecule has 2 rings (SSSR count). The number of carbonyl (C=O) groups excluding carboxylic acids is 2. The molecule has 22 heavy (non-hydrogen) atoms. The molecule has 0 heterocycles. The lowest BCUT2D eigenvalue weighted by Gasteiger charge is -2.10. The SMILES string of the molecule is CC(=O)c1cccc(NC(=O)NCc2ccccc2CO)c1. The molecule has 0 aliphatic carbocycles. The van der Waals surface area contributed by atoms with E-state index >= 15 is 0 Å². The Morgan fingerprint density at radius 1 is 1.05 bits per heavy atom. The summed E-state index contributed by atoms with van der Waals surface area (Å²) in [5, 5.41) is 14.6. The summed E-state index contributed by atoms with van der Waals surface area (Å²) in [7, 11) is 0. The van der Waals surface area contributed by atoms with Crippen LogP contribution in [0.3, 0.4) is 0 Å². The number of Topliss-reactive ketones (excluding diaryl/α,β-unsaturated/α-hetero) is 1. The maximum absolute atomic E-state index is 11.9. The number of benzene rings is 2. The van der Waals surface area contributed by atoms with Crippen LogP contribution in [0.1, 0.15) is 28.4 Å². The smallest absolute Gasteiger partial charge is 0.319 e. The fraction of sp³-hybridized carbons (Fsp3) is 0.176. The molecule has 2 aromatic rings. The van der Waals surface area contributed by atoms with E-state index in [1.54, 1.807) is 24.3 Å². The Balaban J connectivity index is 1.96. The number of anilines is 1. The largest absolute Gasteiger partial charge is 0.392 e. The molecule has 0 atom stereocenters. The van der Waals surface area contributed by atoms with Crippen LogP contribution in [0.5, 0.6) is 0 Å². The normalized spacial score (nSPS) is 10.1. The minimum atomic E-state index is -0.367. The van der Waals surface area contributed by atoms with Crippen molar-refractivity contribution in [3.05, 3.63) is 65.2 Å². The molecule has 2 amide bonds. The van der Waals surface area contributed by atoms with Gasteiger partial charge in [0.2, 0.25) is 0 Å². The van der Waals surface area contributed by atoms with Crippen LogP contribution < -0.4 is 10.6 Å². The lowest BCUT2D eigenvalue weighted by molar-refractivity contribution is 0.101. The van der Waals surface area contributed by atoms with E-state index in [1.165, 1.54) is 6.92 Å². The number of ketones is 1. The molecule has 0 aliphatic heterocycles. The fourth-order valence-electron chi connectivity index (χ4n) is 2.05. The van der Waals surface area contributed by atoms with Crippen molar-refractivity contribution in [1.29, 1.82) is 0 Å². The summed E-state index contributed by atoms with van der Waals surface area (Å²) in [6.07, 6.45) is 0. The number of rotatable bonds is 5. The van der Waals surface area contributed by atoms with Crippen LogP contribution in [0.25, 0.3) is 0 Å². The number of urea groups is 1. The van der Waals surface area contributed by atoms with Gasteiger partial charge >= 0.3 is 6.03 Å². The standard InChI is InChI=1S/C17H18N2O3/c1-12(21)13-7-4-8-16(9-13)19-17(22)18-10-14-5-2-3-6-15(14)11-20/h2-9,20H,10-11H2,1H3,(H2,18,19,22). The van der Waals surface area contributed by atoms with Gasteiger partial charge in [-0.2, -0.15) is 0 Å². The Kier molecular flexibility index (Phi) is 5.27. The van der Waals surface area contributed by atoms with Crippen molar-refractivity contribution in [2.45, 2.75) is 20.1 Å². The minimum absolute atomic E-state index is 0.0547. The molecule has 2 aromatic carbocycles. The van der Waals surface area contributed by atoms with Gasteiger partial charge in [0, 0.05) is 17.8 Å². The van der Waals surface area contributed by atoms with Crippen molar-refractivity contribution in [2.75, 3.05) is 5.32 Å². The van der Waals surface area contributed by atoms with E-state index in [-0.39, 0.29) is 18.4 Å². The van der Waals surface area contributed by atoms with Crippen LogP contribution >= 0.6 is 0 Å². The van der Waals surface area contributed by atoms with Crippen LogP contribution in [-0.4, -0.2) is 16.9 Å². The predicted octanol–water partition coefficient (Wildman–Crippen LogP) is 2.70. The van der Waals surface area contributed by atoms with Crippen molar-refractivity contribution in [3.63, 3.8) is 0 Å². The highest BCUT2D eigenvalue weighted by Crippen LogP contribution is 2.11. The predicted molar refractivity (Wildman–Crippen MR) is 84.7 cm³/mol. The quantitative estimate of drug-likeness (QED) is 0.743. The summed E-state index contributed by atoms with van der Waals surface area (Å²) in [5.74, 6) is -0.0547. The van der Waals surface area contributed by atoms with Gasteiger partial charge in [0.15, 0.2) is 5.78 Å². The van der Waals surface area contributed by atoms with E-state index in [9.17, 15) is 14.7 Å². The van der Waals surface area contributed by atoms with Gasteiger partial charge in [-0.15, -0.1) is 0 Å². The van der Waals surface area contributed by atoms with E-state index in [1.807, 2.05) is 24.3 Å². The first-order valence-corrected chi connectivity index (χ1v) is 6.93. The summed E-state index contributed by atoms with van der Waals surface area (Å²) in [5.41, 5.74) is 2.74. The van der Waals surface area contributed by atoms with E-state index < -0.39 is 0 Å². The summed E-state index contributed by atoms with van der Waals surface area (Å²) in [6, 6.07) is 13.7. The summed E-state index contributed by atoms with van der Waals surface area (Å²) >= 11 is 0. The van der Waals surface area contributed by atoms with E-state index in [0.29, 0.717) is 17.8 Å². The Hall–Kier alpha value is -2.66. The van der Waals surface area contributed by atoms with Gasteiger partial charge in [0.05, 0.1) is 6.61 Å². The van der Waals surface area contributed by atoms with Crippen molar-refractivity contribution in [1.82, 2.24) is 5.32 Å². The van der Waals surface area contributed by atoms with E-state index in [0.717, 1.165) is 11.1 Å². The summed E-state index contributed by atoms with van der Waals surface area (Å²) < 4.78 is 0. The highest BCUT2D eigenvalue weighted by atomic mass is 16.3. The zero-order valence-electron chi connectivity index (χ0n) is 12.3. The fourth-order valence-corrected chi connectivity index (χ4v) is 2.05. The van der Waals surface area contributed by atoms with Crippen molar-refractivity contribution >= 4 is 17.5 Å². The number of nitrogens with one attached hydrogen (secondary N) is 2. The molecule has 0 radical (unpaired) electrons. The lowest BCUT2D eigenvalue weighted by atomic mass is 10.1. The van der Waals surface area contributed by atoms with Gasteiger partial charge < -0.3 is 15.7 Å². The van der Waals surface area contributed by atoms with Crippen molar-refractivity contribution in [3.8, 4) is 0 Å². The Labute approximate surface area is 129 Å². The van der Waals surface area contributed by atoms with Crippen LogP contribution in [0.4, 0.5) is 10.5 Å². The molecule has 5 nitrogen and oxygen atoms in total. The monoisotopic (exact) mass is 298 g/mol. The molecule has 0 spiro atoms. The third-order valence-corrected chi connectivity index (χ3v) is 3.26. The highest BCUT2D eigenvalue weighted by molar-refractivity contribution is 5.96. The lowest BCUT2D eigenvalue weighted by Crippen LogP contribution is -2.28. The zero-order valence-corrected chi connectivity index (χ0v) is 12.3. The molecule has 0 saturated heterocycles. The van der Waals surface area contributed by atoms with Gasteiger partial charge in [-0.3, -0.25) is 4.79 Å². The van der Waals surface area contributed by atoms with Gasteiger partial charge in [-0.05, 0) is 30.2 Å². The molecule has 0 aromatic heterocycles. The minimum Gasteiger partial charge on any atom is -0.392 e. The van der Waals surface area contributed by atoms with Gasteiger partial charge in [-0.1, -0.05) is 36.4 Å². The number of amides is 2. The number of hydrogen-bond donors (Lipinski definition) is 3. The summed E-state index contributed by atoms with van der Waals surface area (Å²) in [6.45, 7) is 1.72. The summed E-state index contributed by atoms with van der Waals surface area (Å²) in [4.78, 5) is 23.2. The molecule has 0 unspecified atom stereocenters. The molecule has 0 fully saturated rings. The highest BCUT2D eigenvalue weighted by Gasteiger charge is 2.06. The van der Waals surface area contributed by atoms with E-state index in [2.05, 4.69) is 10.6 Å². The molecule has 5 heteroatoms. The first-order chi connectivity index (χ1) is 10.6. The van der Waals surface area contributed by atoms with Gasteiger partial charge in [-0.25, -0.2) is 4.79 Å².